The van der Waals surface area contributed by atoms with Crippen molar-refractivity contribution in [2.45, 2.75) is 13.8 Å². The third-order valence-corrected chi connectivity index (χ3v) is 2.87. The number of hydrogen-bond donors (Lipinski definition) is 1. The van der Waals surface area contributed by atoms with Crippen molar-refractivity contribution in [3.63, 3.8) is 0 Å². The number of nitrogens with one attached hydrogen (secondary N) is 1. The highest BCUT2D eigenvalue weighted by atomic mass is 15.3. The molecule has 1 aromatic heterocycles. The minimum Gasteiger partial charge on any atom is -0.372 e. The fourth-order valence-electron chi connectivity index (χ4n) is 1.90. The van der Waals surface area contributed by atoms with Crippen LogP contribution in [-0.2, 0) is 0 Å². The van der Waals surface area contributed by atoms with Crippen LogP contribution in [0.2, 0.25) is 0 Å². The molecule has 0 aliphatic rings. The smallest absolute Gasteiger partial charge is 0.227 e. The summed E-state index contributed by atoms with van der Waals surface area (Å²) in [6, 6.07) is 8.06. The largest absolute Gasteiger partial charge is 0.372 e. The van der Waals surface area contributed by atoms with E-state index in [-0.39, 0.29) is 0 Å². The van der Waals surface area contributed by atoms with Crippen LogP contribution in [0.25, 0.3) is 10.9 Å². The first kappa shape index (κ1) is 11.6. The number of anilines is 2. The number of rotatable bonds is 4. The van der Waals surface area contributed by atoms with Crippen LogP contribution >= 0.6 is 0 Å². The lowest BCUT2D eigenvalue weighted by atomic mass is 10.2. The quantitative estimate of drug-likeness (QED) is 0.876. The molecule has 0 unspecified atom stereocenters. The van der Waals surface area contributed by atoms with Crippen LogP contribution in [0.15, 0.2) is 24.3 Å². The fourth-order valence-corrected chi connectivity index (χ4v) is 1.90. The van der Waals surface area contributed by atoms with E-state index < -0.39 is 0 Å². The molecule has 90 valence electrons. The van der Waals surface area contributed by atoms with E-state index in [2.05, 4.69) is 34.0 Å². The van der Waals surface area contributed by atoms with Crippen molar-refractivity contribution in [2.75, 3.05) is 30.4 Å². The second-order valence-electron chi connectivity index (χ2n) is 3.81. The van der Waals surface area contributed by atoms with Crippen LogP contribution in [0.4, 0.5) is 11.8 Å². The van der Waals surface area contributed by atoms with Gasteiger partial charge < -0.3 is 10.2 Å². The Labute approximate surface area is 102 Å². The Balaban J connectivity index is 2.59. The van der Waals surface area contributed by atoms with E-state index in [9.17, 15) is 0 Å². The monoisotopic (exact) mass is 230 g/mol. The average Bonchev–Trinajstić information content (AvgIpc) is 2.39. The van der Waals surface area contributed by atoms with Gasteiger partial charge in [0, 0.05) is 25.5 Å². The van der Waals surface area contributed by atoms with Crippen molar-refractivity contribution >= 4 is 22.7 Å². The van der Waals surface area contributed by atoms with Gasteiger partial charge in [-0.2, -0.15) is 4.98 Å². The van der Waals surface area contributed by atoms with Gasteiger partial charge in [-0.15, -0.1) is 0 Å². The summed E-state index contributed by atoms with van der Waals surface area (Å²) in [7, 11) is 1.89. The van der Waals surface area contributed by atoms with Gasteiger partial charge in [-0.1, -0.05) is 12.1 Å². The van der Waals surface area contributed by atoms with Crippen LogP contribution < -0.4 is 10.2 Å². The van der Waals surface area contributed by atoms with Gasteiger partial charge in [0.15, 0.2) is 0 Å². The maximum Gasteiger partial charge on any atom is 0.227 e. The molecule has 17 heavy (non-hydrogen) atoms. The molecule has 0 fully saturated rings. The summed E-state index contributed by atoms with van der Waals surface area (Å²) in [5, 5.41) is 4.20. The highest BCUT2D eigenvalue weighted by Crippen LogP contribution is 2.22. The topological polar surface area (TPSA) is 41.1 Å². The molecule has 1 heterocycles. The Hall–Kier alpha value is -1.84. The number of nitrogens with zero attached hydrogens (tertiary/aromatic N) is 3. The molecule has 1 N–H and O–H groups in total. The summed E-state index contributed by atoms with van der Waals surface area (Å²) in [5.74, 6) is 1.68. The van der Waals surface area contributed by atoms with E-state index in [0.717, 1.165) is 35.8 Å². The summed E-state index contributed by atoms with van der Waals surface area (Å²) in [6.07, 6.45) is 0. The Morgan fingerprint density at radius 3 is 2.47 bits per heavy atom. The molecule has 4 nitrogen and oxygen atoms in total. The number of fused-ring (bicyclic) bond motifs is 1. The van der Waals surface area contributed by atoms with E-state index in [1.54, 1.807) is 0 Å². The van der Waals surface area contributed by atoms with Crippen LogP contribution in [-0.4, -0.2) is 30.1 Å². The summed E-state index contributed by atoms with van der Waals surface area (Å²) < 4.78 is 0. The van der Waals surface area contributed by atoms with Gasteiger partial charge in [-0.3, -0.25) is 0 Å². The third kappa shape index (κ3) is 2.16. The molecule has 4 heteroatoms. The van der Waals surface area contributed by atoms with Crippen molar-refractivity contribution < 1.29 is 0 Å². The van der Waals surface area contributed by atoms with E-state index in [1.165, 1.54) is 0 Å². The maximum atomic E-state index is 4.60. The van der Waals surface area contributed by atoms with Gasteiger partial charge in [-0.05, 0) is 26.0 Å². The molecule has 2 rings (SSSR count). The predicted octanol–water partition coefficient (Wildman–Crippen LogP) is 2.52. The maximum absolute atomic E-state index is 4.60. The van der Waals surface area contributed by atoms with Crippen LogP contribution in [0, 0.1) is 0 Å². The number of aromatic nitrogens is 2. The highest BCUT2D eigenvalue weighted by Gasteiger charge is 2.09. The summed E-state index contributed by atoms with van der Waals surface area (Å²) in [4.78, 5) is 11.3. The first-order valence-electron chi connectivity index (χ1n) is 5.99. The van der Waals surface area contributed by atoms with Crippen molar-refractivity contribution in [3.05, 3.63) is 24.3 Å². The SMILES string of the molecule is CCN(CC)c1nc(NC)c2ccccc2n1. The molecule has 0 atom stereocenters. The molecule has 1 aromatic carbocycles. The molecule has 0 spiro atoms. The molecule has 0 aliphatic heterocycles. The Morgan fingerprint density at radius 1 is 1.12 bits per heavy atom. The third-order valence-electron chi connectivity index (χ3n) is 2.87. The van der Waals surface area contributed by atoms with Crippen molar-refractivity contribution in [1.82, 2.24) is 9.97 Å². The summed E-state index contributed by atoms with van der Waals surface area (Å²) >= 11 is 0. The Bertz CT molecular complexity index is 506. The molecule has 0 bridgehead atoms. The summed E-state index contributed by atoms with van der Waals surface area (Å²) in [6.45, 7) is 6.05. The minimum absolute atomic E-state index is 0.790. The van der Waals surface area contributed by atoms with Gasteiger partial charge in [-0.25, -0.2) is 4.98 Å². The Morgan fingerprint density at radius 2 is 1.82 bits per heavy atom. The fraction of sp³-hybridized carbons (Fsp3) is 0.385. The lowest BCUT2D eigenvalue weighted by molar-refractivity contribution is 0.827. The number of hydrogen-bond acceptors (Lipinski definition) is 4. The van der Waals surface area contributed by atoms with Gasteiger partial charge in [0.2, 0.25) is 5.95 Å². The second kappa shape index (κ2) is 4.99. The summed E-state index contributed by atoms with van der Waals surface area (Å²) in [5.41, 5.74) is 0.980. The van der Waals surface area contributed by atoms with Gasteiger partial charge in [0.25, 0.3) is 0 Å². The zero-order valence-corrected chi connectivity index (χ0v) is 10.6. The van der Waals surface area contributed by atoms with E-state index in [4.69, 9.17) is 0 Å². The van der Waals surface area contributed by atoms with E-state index in [0.29, 0.717) is 0 Å². The van der Waals surface area contributed by atoms with Crippen LogP contribution in [0.1, 0.15) is 13.8 Å². The zero-order chi connectivity index (χ0) is 12.3. The molecule has 0 amide bonds. The predicted molar refractivity (Wildman–Crippen MR) is 72.6 cm³/mol. The van der Waals surface area contributed by atoms with Crippen LogP contribution in [0.5, 0.6) is 0 Å². The molecule has 0 saturated carbocycles. The highest BCUT2D eigenvalue weighted by molar-refractivity contribution is 5.89. The van der Waals surface area contributed by atoms with E-state index >= 15 is 0 Å². The standard InChI is InChI=1S/C13H18N4/c1-4-17(5-2)13-15-11-9-7-6-8-10(11)12(14-3)16-13/h6-9H,4-5H2,1-3H3,(H,14,15,16). The first-order valence-corrected chi connectivity index (χ1v) is 5.99. The normalized spacial score (nSPS) is 10.5. The molecular weight excluding hydrogens is 212 g/mol. The molecular formula is C13H18N4. The zero-order valence-electron chi connectivity index (χ0n) is 10.6. The van der Waals surface area contributed by atoms with E-state index in [1.807, 2.05) is 31.3 Å². The number of para-hydroxylation sites is 1. The second-order valence-corrected chi connectivity index (χ2v) is 3.81. The molecule has 0 saturated heterocycles. The van der Waals surface area contributed by atoms with Crippen molar-refractivity contribution in [2.24, 2.45) is 0 Å². The minimum atomic E-state index is 0.790. The van der Waals surface area contributed by atoms with Crippen LogP contribution in [0.3, 0.4) is 0 Å². The first-order chi connectivity index (χ1) is 8.30. The lowest BCUT2D eigenvalue weighted by Gasteiger charge is -2.19. The lowest BCUT2D eigenvalue weighted by Crippen LogP contribution is -2.24. The number of benzene rings is 1. The van der Waals surface area contributed by atoms with Crippen molar-refractivity contribution in [3.8, 4) is 0 Å². The molecule has 2 aromatic rings. The van der Waals surface area contributed by atoms with Crippen molar-refractivity contribution in [1.29, 1.82) is 0 Å². The molecule has 0 aliphatic carbocycles. The molecule has 0 radical (unpaired) electrons. The average molecular weight is 230 g/mol. The van der Waals surface area contributed by atoms with Gasteiger partial charge in [0.05, 0.1) is 5.52 Å². The Kier molecular flexibility index (Phi) is 3.42. The van der Waals surface area contributed by atoms with Gasteiger partial charge >= 0.3 is 0 Å². The van der Waals surface area contributed by atoms with Gasteiger partial charge in [0.1, 0.15) is 5.82 Å².